The Morgan fingerprint density at radius 1 is 1.71 bits per heavy atom. The summed E-state index contributed by atoms with van der Waals surface area (Å²) in [4.78, 5) is 13.7. The van der Waals surface area contributed by atoms with Gasteiger partial charge in [-0.3, -0.25) is 10.1 Å². The van der Waals surface area contributed by atoms with Crippen LogP contribution in [0.5, 0.6) is 5.88 Å². The van der Waals surface area contributed by atoms with E-state index in [1.165, 1.54) is 6.07 Å². The van der Waals surface area contributed by atoms with Crippen molar-refractivity contribution in [3.05, 3.63) is 27.4 Å². The van der Waals surface area contributed by atoms with Crippen LogP contribution in [0.4, 0.5) is 5.69 Å². The quantitative estimate of drug-likeness (QED) is 0.646. The molecule has 1 aromatic heterocycles. The number of halogens is 1. The Hall–Kier alpha value is -1.40. The standard InChI is InChI=1S/C10H14ClN3O3/c1-3-10(2,12)6-17-9-8(11)4-7(5-13-9)14(15)16/h4-5H,3,6,12H2,1-2H3. The number of nitrogens with two attached hydrogens (primary N) is 1. The molecule has 1 unspecified atom stereocenters. The van der Waals surface area contributed by atoms with Crippen LogP contribution in [0.1, 0.15) is 20.3 Å². The third-order valence-electron chi connectivity index (χ3n) is 2.35. The molecule has 0 aliphatic heterocycles. The number of rotatable bonds is 5. The van der Waals surface area contributed by atoms with Crippen LogP contribution in [-0.4, -0.2) is 22.1 Å². The van der Waals surface area contributed by atoms with Gasteiger partial charge in [-0.15, -0.1) is 0 Å². The molecule has 1 atom stereocenters. The van der Waals surface area contributed by atoms with E-state index in [1.807, 2.05) is 13.8 Å². The summed E-state index contributed by atoms with van der Waals surface area (Å²) in [5.74, 6) is 0.155. The number of nitrogens with zero attached hydrogens (tertiary/aromatic N) is 2. The van der Waals surface area contributed by atoms with Crippen molar-refractivity contribution in [3.8, 4) is 5.88 Å². The Bertz CT molecular complexity index is 423. The zero-order valence-electron chi connectivity index (χ0n) is 9.64. The van der Waals surface area contributed by atoms with Crippen LogP contribution < -0.4 is 10.5 Å². The fraction of sp³-hybridized carbons (Fsp3) is 0.500. The number of nitro groups is 1. The molecule has 0 spiro atoms. The summed E-state index contributed by atoms with van der Waals surface area (Å²) in [6, 6.07) is 1.20. The van der Waals surface area contributed by atoms with E-state index in [9.17, 15) is 10.1 Å². The van der Waals surface area contributed by atoms with Crippen LogP contribution in [0.15, 0.2) is 12.3 Å². The van der Waals surface area contributed by atoms with E-state index in [0.29, 0.717) is 0 Å². The highest BCUT2D eigenvalue weighted by Crippen LogP contribution is 2.26. The van der Waals surface area contributed by atoms with E-state index >= 15 is 0 Å². The second-order valence-corrected chi connectivity index (χ2v) is 4.44. The van der Waals surface area contributed by atoms with Gasteiger partial charge < -0.3 is 10.5 Å². The van der Waals surface area contributed by atoms with Crippen molar-refractivity contribution in [2.45, 2.75) is 25.8 Å². The molecule has 7 heteroatoms. The van der Waals surface area contributed by atoms with E-state index < -0.39 is 10.5 Å². The molecule has 0 aliphatic rings. The highest BCUT2D eigenvalue weighted by Gasteiger charge is 2.18. The lowest BCUT2D eigenvalue weighted by Crippen LogP contribution is -2.41. The summed E-state index contributed by atoms with van der Waals surface area (Å²) in [6.07, 6.45) is 1.83. The fourth-order valence-corrected chi connectivity index (χ4v) is 1.17. The van der Waals surface area contributed by atoms with Crippen molar-refractivity contribution in [3.63, 3.8) is 0 Å². The highest BCUT2D eigenvalue weighted by atomic mass is 35.5. The highest BCUT2D eigenvalue weighted by molar-refractivity contribution is 6.32. The van der Waals surface area contributed by atoms with Crippen molar-refractivity contribution in [2.75, 3.05) is 6.61 Å². The summed E-state index contributed by atoms with van der Waals surface area (Å²) >= 11 is 5.81. The van der Waals surface area contributed by atoms with E-state index in [2.05, 4.69) is 4.98 Å². The number of ether oxygens (including phenoxy) is 1. The molecular formula is C10H14ClN3O3. The Kier molecular flexibility index (Phi) is 4.25. The second kappa shape index (κ2) is 5.29. The minimum atomic E-state index is -0.568. The van der Waals surface area contributed by atoms with E-state index in [0.717, 1.165) is 12.6 Å². The lowest BCUT2D eigenvalue weighted by atomic mass is 10.0. The Morgan fingerprint density at radius 2 is 2.35 bits per heavy atom. The number of hydrogen-bond acceptors (Lipinski definition) is 5. The molecule has 0 aromatic carbocycles. The van der Waals surface area contributed by atoms with Crippen LogP contribution in [0.25, 0.3) is 0 Å². The Balaban J connectivity index is 2.77. The van der Waals surface area contributed by atoms with Crippen molar-refractivity contribution in [1.29, 1.82) is 0 Å². The summed E-state index contributed by atoms with van der Waals surface area (Å²) in [6.45, 7) is 4.02. The molecule has 0 fully saturated rings. The van der Waals surface area contributed by atoms with Gasteiger partial charge in [-0.1, -0.05) is 18.5 Å². The topological polar surface area (TPSA) is 91.3 Å². The summed E-state index contributed by atoms with van der Waals surface area (Å²) in [5.41, 5.74) is 5.24. The van der Waals surface area contributed by atoms with E-state index in [4.69, 9.17) is 22.1 Å². The van der Waals surface area contributed by atoms with Crippen molar-refractivity contribution in [2.24, 2.45) is 5.73 Å². The molecule has 1 heterocycles. The van der Waals surface area contributed by atoms with Gasteiger partial charge in [-0.2, -0.15) is 0 Å². The summed E-state index contributed by atoms with van der Waals surface area (Å²) in [5, 5.41) is 10.6. The van der Waals surface area contributed by atoms with Crippen molar-refractivity contribution in [1.82, 2.24) is 4.98 Å². The molecule has 1 aromatic rings. The predicted octanol–water partition coefficient (Wildman–Crippen LogP) is 2.15. The first-order valence-corrected chi connectivity index (χ1v) is 5.45. The van der Waals surface area contributed by atoms with Crippen molar-refractivity contribution >= 4 is 17.3 Å². The molecule has 0 radical (unpaired) electrons. The number of aromatic nitrogens is 1. The molecule has 94 valence electrons. The van der Waals surface area contributed by atoms with Gasteiger partial charge in [0, 0.05) is 11.6 Å². The largest absolute Gasteiger partial charge is 0.475 e. The first-order valence-electron chi connectivity index (χ1n) is 5.07. The zero-order chi connectivity index (χ0) is 13.1. The Morgan fingerprint density at radius 3 is 2.82 bits per heavy atom. The second-order valence-electron chi connectivity index (χ2n) is 4.03. The van der Waals surface area contributed by atoms with Crippen LogP contribution >= 0.6 is 11.6 Å². The molecule has 0 bridgehead atoms. The van der Waals surface area contributed by atoms with Gasteiger partial charge in [0.2, 0.25) is 5.88 Å². The molecule has 0 aliphatic carbocycles. The van der Waals surface area contributed by atoms with Gasteiger partial charge in [0.1, 0.15) is 17.8 Å². The first kappa shape index (κ1) is 13.7. The van der Waals surface area contributed by atoms with Crippen molar-refractivity contribution < 1.29 is 9.66 Å². The number of hydrogen-bond donors (Lipinski definition) is 1. The minimum Gasteiger partial charge on any atom is -0.475 e. The molecule has 6 nitrogen and oxygen atoms in total. The van der Waals surface area contributed by atoms with E-state index in [-0.39, 0.29) is 23.2 Å². The van der Waals surface area contributed by atoms with Crippen LogP contribution in [0, 0.1) is 10.1 Å². The smallest absolute Gasteiger partial charge is 0.289 e. The Labute approximate surface area is 104 Å². The molecule has 0 saturated carbocycles. The monoisotopic (exact) mass is 259 g/mol. The zero-order valence-corrected chi connectivity index (χ0v) is 10.4. The SMILES string of the molecule is CCC(C)(N)COc1ncc([N+](=O)[O-])cc1Cl. The molecular weight excluding hydrogens is 246 g/mol. The van der Waals surface area contributed by atoms with Crippen LogP contribution in [0.3, 0.4) is 0 Å². The first-order chi connectivity index (χ1) is 7.85. The third kappa shape index (κ3) is 3.83. The van der Waals surface area contributed by atoms with Gasteiger partial charge in [-0.05, 0) is 13.3 Å². The summed E-state index contributed by atoms with van der Waals surface area (Å²) in [7, 11) is 0. The van der Waals surface area contributed by atoms with Gasteiger partial charge in [0.25, 0.3) is 5.69 Å². The normalized spacial score (nSPS) is 14.1. The minimum absolute atomic E-state index is 0.103. The average Bonchev–Trinajstić information content (AvgIpc) is 2.27. The van der Waals surface area contributed by atoms with Gasteiger partial charge >= 0.3 is 0 Å². The van der Waals surface area contributed by atoms with Gasteiger partial charge in [0.15, 0.2) is 0 Å². The molecule has 1 rings (SSSR count). The maximum absolute atomic E-state index is 10.5. The summed E-state index contributed by atoms with van der Waals surface area (Å²) < 4.78 is 5.34. The maximum Gasteiger partial charge on any atom is 0.289 e. The van der Waals surface area contributed by atoms with Gasteiger partial charge in [0.05, 0.1) is 4.92 Å². The van der Waals surface area contributed by atoms with Crippen LogP contribution in [0.2, 0.25) is 5.02 Å². The predicted molar refractivity (Wildman–Crippen MR) is 64.3 cm³/mol. The molecule has 0 amide bonds. The molecule has 2 N–H and O–H groups in total. The van der Waals surface area contributed by atoms with Gasteiger partial charge in [-0.25, -0.2) is 4.98 Å². The molecule has 17 heavy (non-hydrogen) atoms. The van der Waals surface area contributed by atoms with E-state index in [1.54, 1.807) is 0 Å². The third-order valence-corrected chi connectivity index (χ3v) is 2.62. The maximum atomic E-state index is 10.5. The van der Waals surface area contributed by atoms with Crippen LogP contribution in [-0.2, 0) is 0 Å². The fourth-order valence-electron chi connectivity index (χ4n) is 0.957. The lowest BCUT2D eigenvalue weighted by Gasteiger charge is -2.22. The lowest BCUT2D eigenvalue weighted by molar-refractivity contribution is -0.385. The molecule has 0 saturated heterocycles. The average molecular weight is 260 g/mol. The number of pyridine rings is 1.